The lowest BCUT2D eigenvalue weighted by molar-refractivity contribution is 0.271. The fraction of sp³-hybridized carbons (Fsp3) is 0.476. The SMILES string of the molecule is CCC(CO)Nc1nc(Nc2cccc(Cl)c2)c2c(n1)c(C(C)C)nn2C(C)C. The molecular weight excluding hydrogens is 388 g/mol. The molecule has 0 aliphatic rings. The lowest BCUT2D eigenvalue weighted by Crippen LogP contribution is -2.24. The van der Waals surface area contributed by atoms with Gasteiger partial charge in [-0.1, -0.05) is 38.4 Å². The van der Waals surface area contributed by atoms with Gasteiger partial charge >= 0.3 is 0 Å². The predicted octanol–water partition coefficient (Wildman–Crippen LogP) is 5.11. The molecule has 0 aliphatic carbocycles. The van der Waals surface area contributed by atoms with Crippen molar-refractivity contribution in [3.05, 3.63) is 35.0 Å². The van der Waals surface area contributed by atoms with Gasteiger partial charge in [-0.05, 0) is 44.4 Å². The number of hydrogen-bond donors (Lipinski definition) is 3. The molecule has 0 saturated carbocycles. The van der Waals surface area contributed by atoms with Gasteiger partial charge in [0.25, 0.3) is 0 Å². The molecule has 1 aromatic carbocycles. The highest BCUT2D eigenvalue weighted by Crippen LogP contribution is 2.33. The number of nitrogens with one attached hydrogen (secondary N) is 2. The third-order valence-corrected chi connectivity index (χ3v) is 4.98. The zero-order chi connectivity index (χ0) is 21.1. The number of fused-ring (bicyclic) bond motifs is 1. The summed E-state index contributed by atoms with van der Waals surface area (Å²) in [6, 6.07) is 7.54. The van der Waals surface area contributed by atoms with Gasteiger partial charge in [-0.2, -0.15) is 10.1 Å². The molecule has 0 aliphatic heterocycles. The van der Waals surface area contributed by atoms with Crippen LogP contribution < -0.4 is 10.6 Å². The van der Waals surface area contributed by atoms with Crippen LogP contribution in [-0.4, -0.2) is 37.5 Å². The van der Waals surface area contributed by atoms with Crippen LogP contribution in [0.1, 0.15) is 58.7 Å². The maximum Gasteiger partial charge on any atom is 0.225 e. The Balaban J connectivity index is 2.21. The molecule has 156 valence electrons. The summed E-state index contributed by atoms with van der Waals surface area (Å²) in [7, 11) is 0. The number of benzene rings is 1. The van der Waals surface area contributed by atoms with E-state index in [9.17, 15) is 5.11 Å². The monoisotopic (exact) mass is 416 g/mol. The lowest BCUT2D eigenvalue weighted by atomic mass is 10.1. The smallest absolute Gasteiger partial charge is 0.225 e. The van der Waals surface area contributed by atoms with Gasteiger partial charge in [0.05, 0.1) is 18.3 Å². The lowest BCUT2D eigenvalue weighted by Gasteiger charge is -2.17. The van der Waals surface area contributed by atoms with E-state index in [-0.39, 0.29) is 24.6 Å². The van der Waals surface area contributed by atoms with Gasteiger partial charge in [-0.3, -0.25) is 4.68 Å². The van der Waals surface area contributed by atoms with E-state index in [1.54, 1.807) is 0 Å². The normalized spacial score (nSPS) is 12.7. The number of hydrogen-bond acceptors (Lipinski definition) is 6. The summed E-state index contributed by atoms with van der Waals surface area (Å²) >= 11 is 6.16. The van der Waals surface area contributed by atoms with Gasteiger partial charge in [0, 0.05) is 16.8 Å². The van der Waals surface area contributed by atoms with Crippen molar-refractivity contribution in [1.29, 1.82) is 0 Å². The Labute approximate surface area is 176 Å². The zero-order valence-electron chi connectivity index (χ0n) is 17.6. The quantitative estimate of drug-likeness (QED) is 0.473. The Morgan fingerprint density at radius 1 is 1.17 bits per heavy atom. The van der Waals surface area contributed by atoms with Crippen LogP contribution in [0.3, 0.4) is 0 Å². The molecule has 8 heteroatoms. The molecule has 2 aromatic heterocycles. The first kappa shape index (κ1) is 21.3. The van der Waals surface area contributed by atoms with E-state index in [1.807, 2.05) is 35.9 Å². The molecular formula is C21H29ClN6O. The topological polar surface area (TPSA) is 87.9 Å². The van der Waals surface area contributed by atoms with Crippen LogP contribution >= 0.6 is 11.6 Å². The molecule has 0 radical (unpaired) electrons. The van der Waals surface area contributed by atoms with Crippen molar-refractivity contribution in [1.82, 2.24) is 19.7 Å². The Morgan fingerprint density at radius 2 is 1.93 bits per heavy atom. The molecule has 3 aromatic rings. The highest BCUT2D eigenvalue weighted by molar-refractivity contribution is 6.30. The van der Waals surface area contributed by atoms with E-state index in [1.165, 1.54) is 0 Å². The van der Waals surface area contributed by atoms with Crippen molar-refractivity contribution >= 4 is 40.1 Å². The first-order chi connectivity index (χ1) is 13.8. The number of halogens is 1. The molecule has 0 bridgehead atoms. The summed E-state index contributed by atoms with van der Waals surface area (Å²) in [5.74, 6) is 1.33. The molecule has 3 rings (SSSR count). The number of aliphatic hydroxyl groups is 1. The van der Waals surface area contributed by atoms with Gasteiger partial charge in [-0.15, -0.1) is 0 Å². The second-order valence-corrected chi connectivity index (χ2v) is 8.18. The number of aromatic nitrogens is 4. The van der Waals surface area contributed by atoms with Crippen molar-refractivity contribution in [3.63, 3.8) is 0 Å². The molecule has 0 spiro atoms. The number of rotatable bonds is 8. The van der Waals surface area contributed by atoms with Gasteiger partial charge < -0.3 is 15.7 Å². The molecule has 0 amide bonds. The van der Waals surface area contributed by atoms with Crippen molar-refractivity contribution in [2.24, 2.45) is 0 Å². The van der Waals surface area contributed by atoms with Gasteiger partial charge in [0.2, 0.25) is 5.95 Å². The first-order valence-electron chi connectivity index (χ1n) is 10.0. The van der Waals surface area contributed by atoms with Crippen molar-refractivity contribution < 1.29 is 5.11 Å². The van der Waals surface area contributed by atoms with E-state index in [0.717, 1.165) is 28.8 Å². The molecule has 2 heterocycles. The van der Waals surface area contributed by atoms with Crippen LogP contribution in [0.4, 0.5) is 17.5 Å². The summed E-state index contributed by atoms with van der Waals surface area (Å²) < 4.78 is 1.96. The van der Waals surface area contributed by atoms with Crippen LogP contribution in [0, 0.1) is 0 Å². The third kappa shape index (κ3) is 4.62. The van der Waals surface area contributed by atoms with Crippen LogP contribution in [0.15, 0.2) is 24.3 Å². The largest absolute Gasteiger partial charge is 0.394 e. The van der Waals surface area contributed by atoms with Gasteiger partial charge in [0.15, 0.2) is 5.82 Å². The minimum Gasteiger partial charge on any atom is -0.394 e. The second-order valence-electron chi connectivity index (χ2n) is 7.74. The van der Waals surface area contributed by atoms with Crippen molar-refractivity contribution in [2.75, 3.05) is 17.2 Å². The Kier molecular flexibility index (Phi) is 6.59. The fourth-order valence-electron chi connectivity index (χ4n) is 3.14. The van der Waals surface area contributed by atoms with E-state index in [0.29, 0.717) is 16.8 Å². The Bertz CT molecular complexity index is 981. The summed E-state index contributed by atoms with van der Waals surface area (Å²) in [6.07, 6.45) is 0.761. The van der Waals surface area contributed by atoms with E-state index in [2.05, 4.69) is 38.3 Å². The van der Waals surface area contributed by atoms with Crippen molar-refractivity contribution in [3.8, 4) is 0 Å². The summed E-state index contributed by atoms with van der Waals surface area (Å²) in [6.45, 7) is 10.4. The molecule has 0 saturated heterocycles. The second kappa shape index (κ2) is 8.97. The summed E-state index contributed by atoms with van der Waals surface area (Å²) in [5, 5.41) is 21.7. The van der Waals surface area contributed by atoms with Crippen LogP contribution in [0.2, 0.25) is 5.02 Å². The van der Waals surface area contributed by atoms with Crippen LogP contribution in [-0.2, 0) is 0 Å². The molecule has 1 unspecified atom stereocenters. The van der Waals surface area contributed by atoms with Crippen molar-refractivity contribution in [2.45, 2.75) is 59.0 Å². The maximum absolute atomic E-state index is 9.59. The number of anilines is 3. The average Bonchev–Trinajstić information content (AvgIpc) is 3.06. The highest BCUT2D eigenvalue weighted by Gasteiger charge is 2.22. The minimum atomic E-state index is -0.117. The summed E-state index contributed by atoms with van der Waals surface area (Å²) in [4.78, 5) is 9.50. The highest BCUT2D eigenvalue weighted by atomic mass is 35.5. The van der Waals surface area contributed by atoms with Gasteiger partial charge in [0.1, 0.15) is 11.0 Å². The molecule has 7 nitrogen and oxygen atoms in total. The number of nitrogens with zero attached hydrogens (tertiary/aromatic N) is 4. The molecule has 1 atom stereocenters. The standard InChI is InChI=1S/C21H29ClN6O/c1-6-15(11-29)24-21-25-18-17(12(2)3)27-28(13(4)5)19(18)20(26-21)23-16-9-7-8-14(22)10-16/h7-10,12-13,15,29H,6,11H2,1-5H3,(H2,23,24,25,26). The molecule has 3 N–H and O–H groups in total. The Morgan fingerprint density at radius 3 is 2.52 bits per heavy atom. The van der Waals surface area contributed by atoms with E-state index < -0.39 is 0 Å². The minimum absolute atomic E-state index is 0.0112. The fourth-order valence-corrected chi connectivity index (χ4v) is 3.33. The number of aliphatic hydroxyl groups excluding tert-OH is 1. The van der Waals surface area contributed by atoms with E-state index >= 15 is 0 Å². The maximum atomic E-state index is 9.59. The zero-order valence-corrected chi connectivity index (χ0v) is 18.3. The molecule has 29 heavy (non-hydrogen) atoms. The van der Waals surface area contributed by atoms with Crippen LogP contribution in [0.5, 0.6) is 0 Å². The Hall–Kier alpha value is -2.38. The third-order valence-electron chi connectivity index (χ3n) is 4.74. The van der Waals surface area contributed by atoms with Crippen LogP contribution in [0.25, 0.3) is 11.0 Å². The van der Waals surface area contributed by atoms with Gasteiger partial charge in [-0.25, -0.2) is 4.98 Å². The van der Waals surface area contributed by atoms with E-state index in [4.69, 9.17) is 26.7 Å². The predicted molar refractivity (Wildman–Crippen MR) is 119 cm³/mol. The molecule has 0 fully saturated rings. The first-order valence-corrected chi connectivity index (χ1v) is 10.4. The summed E-state index contributed by atoms with van der Waals surface area (Å²) in [5.41, 5.74) is 3.42. The average molecular weight is 417 g/mol.